The third-order valence-corrected chi connectivity index (χ3v) is 5.07. The summed E-state index contributed by atoms with van der Waals surface area (Å²) in [6.45, 7) is 4.30. The zero-order chi connectivity index (χ0) is 16.5. The maximum absolute atomic E-state index is 11.7. The molecular formula is C13H15N3O4S2. The molecule has 0 unspecified atom stereocenters. The molecule has 0 spiro atoms. The molecule has 22 heavy (non-hydrogen) atoms. The van der Waals surface area contributed by atoms with E-state index in [-0.39, 0.29) is 4.90 Å². The van der Waals surface area contributed by atoms with Gasteiger partial charge in [0.2, 0.25) is 0 Å². The first kappa shape index (κ1) is 16.4. The van der Waals surface area contributed by atoms with Crippen molar-refractivity contribution in [2.75, 3.05) is 11.6 Å². The van der Waals surface area contributed by atoms with E-state index in [1.54, 1.807) is 11.3 Å². The molecule has 118 valence electrons. The average molecular weight is 341 g/mol. The smallest absolute Gasteiger partial charge is 0.288 e. The van der Waals surface area contributed by atoms with Crippen LogP contribution in [0.5, 0.6) is 0 Å². The minimum atomic E-state index is -3.68. The normalized spacial score (nSPS) is 11.4. The van der Waals surface area contributed by atoms with E-state index in [0.29, 0.717) is 12.2 Å². The summed E-state index contributed by atoms with van der Waals surface area (Å²) in [4.78, 5) is 15.4. The quantitative estimate of drug-likeness (QED) is 0.662. The molecule has 7 nitrogen and oxygen atoms in total. The Morgan fingerprint density at radius 3 is 2.55 bits per heavy atom. The van der Waals surface area contributed by atoms with Crippen molar-refractivity contribution in [2.45, 2.75) is 25.3 Å². The number of rotatable bonds is 5. The lowest BCUT2D eigenvalue weighted by atomic mass is 10.2. The van der Waals surface area contributed by atoms with E-state index < -0.39 is 20.4 Å². The Labute approximate surface area is 132 Å². The molecule has 9 heteroatoms. The maximum atomic E-state index is 11.7. The van der Waals surface area contributed by atoms with Gasteiger partial charge in [-0.1, -0.05) is 0 Å². The topological polar surface area (TPSA) is 102 Å². The lowest BCUT2D eigenvalue weighted by molar-refractivity contribution is -0.387. The van der Waals surface area contributed by atoms with Gasteiger partial charge in [0, 0.05) is 22.9 Å². The second-order valence-electron chi connectivity index (χ2n) is 4.80. The van der Waals surface area contributed by atoms with Gasteiger partial charge in [-0.25, -0.2) is 13.4 Å². The van der Waals surface area contributed by atoms with Crippen molar-refractivity contribution in [1.29, 1.82) is 0 Å². The number of benzene rings is 1. The summed E-state index contributed by atoms with van der Waals surface area (Å²) >= 11 is 1.58. The van der Waals surface area contributed by atoms with Crippen LogP contribution in [0.1, 0.15) is 15.6 Å². The van der Waals surface area contributed by atoms with Gasteiger partial charge in [0.1, 0.15) is 4.90 Å². The van der Waals surface area contributed by atoms with Gasteiger partial charge in [-0.3, -0.25) is 10.1 Å². The van der Waals surface area contributed by atoms with Gasteiger partial charge >= 0.3 is 0 Å². The molecule has 1 heterocycles. The van der Waals surface area contributed by atoms with Gasteiger partial charge in [0.25, 0.3) is 5.69 Å². The van der Waals surface area contributed by atoms with Crippen molar-refractivity contribution in [2.24, 2.45) is 0 Å². The van der Waals surface area contributed by atoms with E-state index in [0.717, 1.165) is 21.8 Å². The SMILES string of the molecule is Cc1nc(CNc2ccc([N+](=O)[O-])c(S(C)(=O)=O)c2)c(C)s1. The minimum Gasteiger partial charge on any atom is -0.379 e. The Hall–Kier alpha value is -2.00. The lowest BCUT2D eigenvalue weighted by Gasteiger charge is -2.07. The van der Waals surface area contributed by atoms with E-state index in [9.17, 15) is 18.5 Å². The number of aromatic nitrogens is 1. The van der Waals surface area contributed by atoms with E-state index in [2.05, 4.69) is 10.3 Å². The molecule has 0 aliphatic heterocycles. The summed E-state index contributed by atoms with van der Waals surface area (Å²) in [6.07, 6.45) is 0.951. The monoisotopic (exact) mass is 341 g/mol. The third-order valence-electron chi connectivity index (χ3n) is 3.02. The Bertz CT molecular complexity index is 828. The highest BCUT2D eigenvalue weighted by Crippen LogP contribution is 2.27. The number of nitrogens with one attached hydrogen (secondary N) is 1. The molecule has 0 aliphatic carbocycles. The summed E-state index contributed by atoms with van der Waals surface area (Å²) in [7, 11) is -3.68. The van der Waals surface area contributed by atoms with Crippen LogP contribution < -0.4 is 5.32 Å². The highest BCUT2D eigenvalue weighted by Gasteiger charge is 2.22. The first-order valence-electron chi connectivity index (χ1n) is 6.34. The van der Waals surface area contributed by atoms with Crippen molar-refractivity contribution in [3.63, 3.8) is 0 Å². The minimum absolute atomic E-state index is 0.298. The van der Waals surface area contributed by atoms with Crippen LogP contribution in [0.4, 0.5) is 11.4 Å². The van der Waals surface area contributed by atoms with Crippen molar-refractivity contribution >= 4 is 32.5 Å². The maximum Gasteiger partial charge on any atom is 0.288 e. The fourth-order valence-corrected chi connectivity index (χ4v) is 3.69. The predicted molar refractivity (Wildman–Crippen MR) is 85.1 cm³/mol. The zero-order valence-corrected chi connectivity index (χ0v) is 13.9. The van der Waals surface area contributed by atoms with Crippen LogP contribution >= 0.6 is 11.3 Å². The number of thiazole rings is 1. The molecule has 0 saturated heterocycles. The Morgan fingerprint density at radius 1 is 1.36 bits per heavy atom. The standard InChI is InChI=1S/C13H15N3O4S2/c1-8-11(15-9(2)21-8)7-14-10-4-5-12(16(17)18)13(6-10)22(3,19)20/h4-6,14H,7H2,1-3H3. The molecule has 0 amide bonds. The molecule has 0 atom stereocenters. The van der Waals surface area contributed by atoms with Gasteiger partial charge < -0.3 is 5.32 Å². The zero-order valence-electron chi connectivity index (χ0n) is 12.3. The molecule has 1 N–H and O–H groups in total. The van der Waals surface area contributed by atoms with Gasteiger partial charge in [0.05, 0.1) is 22.2 Å². The molecule has 0 bridgehead atoms. The lowest BCUT2D eigenvalue weighted by Crippen LogP contribution is -2.06. The van der Waals surface area contributed by atoms with Crippen LogP contribution in [0.15, 0.2) is 23.1 Å². The first-order chi connectivity index (χ1) is 10.2. The number of hydrogen-bond acceptors (Lipinski definition) is 7. The third kappa shape index (κ3) is 3.60. The molecule has 2 aromatic rings. The summed E-state index contributed by atoms with van der Waals surface area (Å²) in [5, 5.41) is 14.9. The van der Waals surface area contributed by atoms with Crippen molar-refractivity contribution < 1.29 is 13.3 Å². The summed E-state index contributed by atoms with van der Waals surface area (Å²) in [6, 6.07) is 3.96. The molecular weight excluding hydrogens is 326 g/mol. The Kier molecular flexibility index (Phi) is 4.47. The Balaban J connectivity index is 2.29. The van der Waals surface area contributed by atoms with E-state index in [1.807, 2.05) is 13.8 Å². The molecule has 1 aromatic carbocycles. The van der Waals surface area contributed by atoms with Crippen LogP contribution in [0, 0.1) is 24.0 Å². The average Bonchev–Trinajstić information content (AvgIpc) is 2.73. The van der Waals surface area contributed by atoms with Crippen LogP contribution in [-0.4, -0.2) is 24.6 Å². The van der Waals surface area contributed by atoms with Gasteiger partial charge in [-0.15, -0.1) is 11.3 Å². The van der Waals surface area contributed by atoms with Crippen LogP contribution in [-0.2, 0) is 16.4 Å². The number of nitrogens with zero attached hydrogens (tertiary/aromatic N) is 2. The molecule has 0 fully saturated rings. The highest BCUT2D eigenvalue weighted by molar-refractivity contribution is 7.90. The largest absolute Gasteiger partial charge is 0.379 e. The summed E-state index contributed by atoms with van der Waals surface area (Å²) in [5.74, 6) is 0. The summed E-state index contributed by atoms with van der Waals surface area (Å²) in [5.41, 5.74) is 0.951. The van der Waals surface area contributed by atoms with E-state index in [1.165, 1.54) is 18.2 Å². The van der Waals surface area contributed by atoms with Crippen molar-refractivity contribution in [1.82, 2.24) is 4.98 Å². The van der Waals surface area contributed by atoms with Crippen LogP contribution in [0.25, 0.3) is 0 Å². The predicted octanol–water partition coefficient (Wildman–Crippen LogP) is 2.68. The molecule has 0 saturated carbocycles. The Morgan fingerprint density at radius 2 is 2.05 bits per heavy atom. The van der Waals surface area contributed by atoms with Crippen LogP contribution in [0.3, 0.4) is 0 Å². The van der Waals surface area contributed by atoms with Crippen molar-refractivity contribution in [3.05, 3.63) is 43.9 Å². The fraction of sp³-hybridized carbons (Fsp3) is 0.308. The van der Waals surface area contributed by atoms with E-state index in [4.69, 9.17) is 0 Å². The van der Waals surface area contributed by atoms with Gasteiger partial charge in [0.15, 0.2) is 9.84 Å². The molecule has 1 aromatic heterocycles. The molecule has 0 radical (unpaired) electrons. The van der Waals surface area contributed by atoms with Crippen molar-refractivity contribution in [3.8, 4) is 0 Å². The summed E-state index contributed by atoms with van der Waals surface area (Å²) < 4.78 is 23.4. The second-order valence-corrected chi connectivity index (χ2v) is 8.19. The number of sulfone groups is 1. The number of aryl methyl sites for hydroxylation is 2. The number of anilines is 1. The van der Waals surface area contributed by atoms with Gasteiger partial charge in [-0.05, 0) is 26.0 Å². The number of hydrogen-bond donors (Lipinski definition) is 1. The number of nitro benzene ring substituents is 1. The molecule has 2 rings (SSSR count). The highest BCUT2D eigenvalue weighted by atomic mass is 32.2. The number of nitro groups is 1. The first-order valence-corrected chi connectivity index (χ1v) is 9.04. The van der Waals surface area contributed by atoms with E-state index >= 15 is 0 Å². The fourth-order valence-electron chi connectivity index (χ4n) is 1.99. The molecule has 0 aliphatic rings. The van der Waals surface area contributed by atoms with Gasteiger partial charge in [-0.2, -0.15) is 0 Å². The second kappa shape index (κ2) is 6.01. The van der Waals surface area contributed by atoms with Crippen LogP contribution in [0.2, 0.25) is 0 Å².